The zero-order valence-electron chi connectivity index (χ0n) is 17.2. The molecule has 0 aliphatic heterocycles. The van der Waals surface area contributed by atoms with E-state index in [2.05, 4.69) is 11.3 Å². The summed E-state index contributed by atoms with van der Waals surface area (Å²) in [4.78, 5) is 24.5. The van der Waals surface area contributed by atoms with E-state index in [0.29, 0.717) is 6.29 Å². The lowest BCUT2D eigenvalue weighted by atomic mass is 9.91. The summed E-state index contributed by atoms with van der Waals surface area (Å²) in [5, 5.41) is 0. The van der Waals surface area contributed by atoms with Gasteiger partial charge in [-0.1, -0.05) is 60.2 Å². The van der Waals surface area contributed by atoms with E-state index in [1.54, 1.807) is 31.2 Å². The lowest BCUT2D eigenvalue weighted by molar-refractivity contribution is -0.147. The predicted octanol–water partition coefficient (Wildman–Crippen LogP) is 3.35. The van der Waals surface area contributed by atoms with E-state index in [-0.39, 0.29) is 17.1 Å². The number of nitrogens with one attached hydrogen (secondary N) is 1. The molecule has 158 valence electrons. The first kappa shape index (κ1) is 23.3. The Morgan fingerprint density at radius 1 is 1.13 bits per heavy atom. The van der Waals surface area contributed by atoms with Gasteiger partial charge in [0.05, 0.1) is 11.5 Å². The Bertz CT molecular complexity index is 1070. The summed E-state index contributed by atoms with van der Waals surface area (Å²) >= 11 is 0. The van der Waals surface area contributed by atoms with Gasteiger partial charge in [0, 0.05) is 5.57 Å². The van der Waals surface area contributed by atoms with Crippen molar-refractivity contribution in [1.82, 2.24) is 4.72 Å². The van der Waals surface area contributed by atoms with Gasteiger partial charge in [-0.15, -0.1) is 0 Å². The second kappa shape index (κ2) is 9.65. The van der Waals surface area contributed by atoms with Crippen LogP contribution in [0.2, 0.25) is 0 Å². The van der Waals surface area contributed by atoms with Crippen LogP contribution < -0.4 is 4.72 Å². The molecule has 0 radical (unpaired) electrons. The Balaban J connectivity index is 2.61. The number of ether oxygens (including phenoxy) is 1. The summed E-state index contributed by atoms with van der Waals surface area (Å²) in [5.41, 5.74) is 0.193. The van der Waals surface area contributed by atoms with Crippen molar-refractivity contribution in [3.8, 4) is 0 Å². The molecule has 0 saturated carbocycles. The molecule has 6 nitrogen and oxygen atoms in total. The lowest BCUT2D eigenvalue weighted by Crippen LogP contribution is -2.55. The number of carbonyl (C=O) groups is 2. The summed E-state index contributed by atoms with van der Waals surface area (Å²) in [6.45, 7) is 8.94. The van der Waals surface area contributed by atoms with Gasteiger partial charge >= 0.3 is 5.97 Å². The molecule has 2 aromatic carbocycles. The Hall–Kier alpha value is -3.03. The van der Waals surface area contributed by atoms with Gasteiger partial charge in [-0.25, -0.2) is 13.2 Å². The second-order valence-electron chi connectivity index (χ2n) is 6.84. The maximum atomic E-state index is 13.0. The Morgan fingerprint density at radius 2 is 1.80 bits per heavy atom. The molecular formula is C23H25NO5S. The van der Waals surface area contributed by atoms with E-state index in [1.165, 1.54) is 18.2 Å². The van der Waals surface area contributed by atoms with Crippen LogP contribution in [0.5, 0.6) is 0 Å². The molecule has 0 aliphatic rings. The van der Waals surface area contributed by atoms with E-state index in [0.717, 1.165) is 16.7 Å². The van der Waals surface area contributed by atoms with Crippen LogP contribution in [-0.4, -0.2) is 32.8 Å². The topological polar surface area (TPSA) is 89.5 Å². The average molecular weight is 428 g/mol. The molecule has 0 saturated heterocycles. The van der Waals surface area contributed by atoms with E-state index in [4.69, 9.17) is 4.74 Å². The van der Waals surface area contributed by atoms with Gasteiger partial charge in [-0.2, -0.15) is 4.72 Å². The summed E-state index contributed by atoms with van der Waals surface area (Å²) in [6.07, 6.45) is 3.19. The van der Waals surface area contributed by atoms with Crippen molar-refractivity contribution in [3.05, 3.63) is 83.4 Å². The predicted molar refractivity (Wildman–Crippen MR) is 116 cm³/mol. The van der Waals surface area contributed by atoms with Crippen molar-refractivity contribution >= 4 is 28.4 Å². The highest BCUT2D eigenvalue weighted by atomic mass is 32.2. The van der Waals surface area contributed by atoms with Crippen LogP contribution in [0.25, 0.3) is 6.08 Å². The molecule has 0 aliphatic carbocycles. The fraction of sp³-hybridized carbons (Fsp3) is 0.217. The zero-order chi connectivity index (χ0) is 22.4. The molecule has 30 heavy (non-hydrogen) atoms. The number of aryl methyl sites for hydroxylation is 2. The monoisotopic (exact) mass is 427 g/mol. The van der Waals surface area contributed by atoms with Crippen LogP contribution in [0.3, 0.4) is 0 Å². The van der Waals surface area contributed by atoms with Crippen molar-refractivity contribution in [2.45, 2.75) is 31.2 Å². The second-order valence-corrected chi connectivity index (χ2v) is 8.52. The normalized spacial score (nSPS) is 13.6. The molecule has 0 bridgehead atoms. The Labute approximate surface area is 177 Å². The van der Waals surface area contributed by atoms with Crippen LogP contribution >= 0.6 is 0 Å². The first-order valence-electron chi connectivity index (χ1n) is 9.33. The van der Waals surface area contributed by atoms with E-state index in [9.17, 15) is 18.0 Å². The maximum absolute atomic E-state index is 13.0. The highest BCUT2D eigenvalue weighted by molar-refractivity contribution is 7.89. The zero-order valence-corrected chi connectivity index (χ0v) is 18.0. The summed E-state index contributed by atoms with van der Waals surface area (Å²) in [5.74, 6) is -0.943. The number of esters is 1. The third-order valence-corrected chi connectivity index (χ3v) is 5.92. The fourth-order valence-electron chi connectivity index (χ4n) is 2.77. The molecule has 0 amide bonds. The van der Waals surface area contributed by atoms with Gasteiger partial charge in [0.25, 0.3) is 0 Å². The number of hydrogen-bond donors (Lipinski definition) is 1. The molecule has 1 unspecified atom stereocenters. The Morgan fingerprint density at radius 3 is 2.37 bits per heavy atom. The highest BCUT2D eigenvalue weighted by Gasteiger charge is 2.44. The van der Waals surface area contributed by atoms with E-state index < -0.39 is 21.5 Å². The van der Waals surface area contributed by atoms with E-state index in [1.807, 2.05) is 32.0 Å². The molecule has 0 aromatic heterocycles. The van der Waals surface area contributed by atoms with Crippen LogP contribution in [0.1, 0.15) is 23.6 Å². The lowest BCUT2D eigenvalue weighted by Gasteiger charge is -2.29. The standard InChI is InChI=1S/C23H25NO5S/c1-5-29-22(26)23(19(4)16-25,14-13-20-8-6-7-18(3)15-20)24-30(27,28)21-11-9-17(2)10-12-21/h6-16,24H,4-5H2,1-3H3/b14-13+. The van der Waals surface area contributed by atoms with E-state index >= 15 is 0 Å². The summed E-state index contributed by atoms with van der Waals surface area (Å²) < 4.78 is 33.5. The largest absolute Gasteiger partial charge is 0.464 e. The minimum Gasteiger partial charge on any atom is -0.464 e. The van der Waals surface area contributed by atoms with Gasteiger partial charge < -0.3 is 4.74 Å². The molecule has 0 heterocycles. The maximum Gasteiger partial charge on any atom is 0.336 e. The number of rotatable bonds is 9. The van der Waals surface area contributed by atoms with Gasteiger partial charge in [0.1, 0.15) is 6.29 Å². The third-order valence-electron chi connectivity index (χ3n) is 4.44. The highest BCUT2D eigenvalue weighted by Crippen LogP contribution is 2.24. The van der Waals surface area contributed by atoms with Crippen molar-refractivity contribution in [1.29, 1.82) is 0 Å². The molecule has 7 heteroatoms. The molecule has 2 aromatic rings. The number of benzene rings is 2. The van der Waals surface area contributed by atoms with Gasteiger partial charge in [-0.05, 0) is 44.5 Å². The molecule has 0 spiro atoms. The van der Waals surface area contributed by atoms with Crippen molar-refractivity contribution in [2.24, 2.45) is 0 Å². The number of carbonyl (C=O) groups excluding carboxylic acids is 2. The number of aldehydes is 1. The van der Waals surface area contributed by atoms with Crippen LogP contribution in [0, 0.1) is 13.8 Å². The van der Waals surface area contributed by atoms with Crippen molar-refractivity contribution < 1.29 is 22.7 Å². The quantitative estimate of drug-likeness (QED) is 0.377. The number of hydrogen-bond acceptors (Lipinski definition) is 5. The Kier molecular flexibility index (Phi) is 7.48. The SMILES string of the molecule is C=C(C=O)C(/C=C/c1cccc(C)c1)(NS(=O)(=O)c1ccc(C)cc1)C(=O)OCC. The third kappa shape index (κ3) is 5.31. The van der Waals surface area contributed by atoms with Gasteiger partial charge in [-0.3, -0.25) is 4.79 Å². The summed E-state index contributed by atoms with van der Waals surface area (Å²) in [7, 11) is -4.19. The first-order chi connectivity index (χ1) is 14.1. The van der Waals surface area contributed by atoms with Crippen molar-refractivity contribution in [3.63, 3.8) is 0 Å². The van der Waals surface area contributed by atoms with Gasteiger partial charge in [0.2, 0.25) is 10.0 Å². The smallest absolute Gasteiger partial charge is 0.336 e. The molecular weight excluding hydrogens is 402 g/mol. The first-order valence-corrected chi connectivity index (χ1v) is 10.8. The molecule has 0 fully saturated rings. The molecule has 1 atom stereocenters. The van der Waals surface area contributed by atoms with Crippen LogP contribution in [-0.2, 0) is 24.3 Å². The fourth-order valence-corrected chi connectivity index (χ4v) is 4.09. The average Bonchev–Trinajstić information content (AvgIpc) is 2.71. The molecule has 1 N–H and O–H groups in total. The van der Waals surface area contributed by atoms with Crippen LogP contribution in [0.15, 0.2) is 71.7 Å². The van der Waals surface area contributed by atoms with Gasteiger partial charge in [0.15, 0.2) is 5.54 Å². The van der Waals surface area contributed by atoms with Crippen molar-refractivity contribution in [2.75, 3.05) is 6.61 Å². The minimum absolute atomic E-state index is 0.00271. The summed E-state index contributed by atoms with van der Waals surface area (Å²) in [6, 6.07) is 13.5. The van der Waals surface area contributed by atoms with Crippen LogP contribution in [0.4, 0.5) is 0 Å². The number of sulfonamides is 1. The molecule has 2 rings (SSSR count). The minimum atomic E-state index is -4.19.